The third-order valence-electron chi connectivity index (χ3n) is 2.11. The summed E-state index contributed by atoms with van der Waals surface area (Å²) < 4.78 is 5.06. The van der Waals surface area contributed by atoms with E-state index in [-0.39, 0.29) is 5.97 Å². The first-order valence-corrected chi connectivity index (χ1v) is 5.38. The van der Waals surface area contributed by atoms with Crippen molar-refractivity contribution in [1.82, 2.24) is 5.32 Å². The first-order valence-electron chi connectivity index (χ1n) is 5.38. The molecule has 0 aromatic carbocycles. The van der Waals surface area contributed by atoms with Crippen molar-refractivity contribution >= 4 is 5.97 Å². The van der Waals surface area contributed by atoms with E-state index in [1.165, 1.54) is 0 Å². The average molecular weight is 201 g/mol. The maximum absolute atomic E-state index is 11.7. The number of hydrogen-bond acceptors (Lipinski definition) is 3. The van der Waals surface area contributed by atoms with E-state index in [1.54, 1.807) is 0 Å². The third-order valence-corrected chi connectivity index (χ3v) is 2.11. The Morgan fingerprint density at radius 1 is 1.43 bits per heavy atom. The van der Waals surface area contributed by atoms with Crippen LogP contribution in [0.2, 0.25) is 0 Å². The molecule has 0 aliphatic heterocycles. The number of carbonyl (C=O) groups excluding carboxylic acids is 1. The molecule has 0 amide bonds. The summed E-state index contributed by atoms with van der Waals surface area (Å²) in [5, 5.41) is 3.20. The number of rotatable bonds is 6. The van der Waals surface area contributed by atoms with E-state index in [2.05, 4.69) is 19.2 Å². The quantitative estimate of drug-likeness (QED) is 0.668. The van der Waals surface area contributed by atoms with Crippen LogP contribution in [-0.2, 0) is 9.53 Å². The predicted molar refractivity (Wildman–Crippen MR) is 58.2 cm³/mol. The van der Waals surface area contributed by atoms with Gasteiger partial charge in [0.15, 0.2) is 0 Å². The summed E-state index contributed by atoms with van der Waals surface area (Å²) in [6.45, 7) is 11.2. The van der Waals surface area contributed by atoms with Gasteiger partial charge in [-0.3, -0.25) is 4.79 Å². The highest BCUT2D eigenvalue weighted by molar-refractivity contribution is 5.80. The van der Waals surface area contributed by atoms with E-state index in [9.17, 15) is 4.79 Å². The molecule has 0 bridgehead atoms. The van der Waals surface area contributed by atoms with Crippen LogP contribution in [0, 0.1) is 5.92 Å². The summed E-state index contributed by atoms with van der Waals surface area (Å²) in [6, 6.07) is 0. The van der Waals surface area contributed by atoms with Gasteiger partial charge in [0.05, 0.1) is 6.61 Å². The molecule has 0 saturated carbocycles. The van der Waals surface area contributed by atoms with Crippen LogP contribution in [0.3, 0.4) is 0 Å². The Labute approximate surface area is 87.2 Å². The van der Waals surface area contributed by atoms with E-state index in [0.717, 1.165) is 13.0 Å². The highest BCUT2D eigenvalue weighted by Crippen LogP contribution is 2.18. The fourth-order valence-electron chi connectivity index (χ4n) is 1.72. The van der Waals surface area contributed by atoms with Crippen molar-refractivity contribution < 1.29 is 9.53 Å². The van der Waals surface area contributed by atoms with Crippen molar-refractivity contribution in [1.29, 1.82) is 0 Å². The molecule has 1 atom stereocenters. The molecule has 0 fully saturated rings. The molecule has 0 radical (unpaired) electrons. The maximum atomic E-state index is 11.7. The molecule has 84 valence electrons. The zero-order valence-corrected chi connectivity index (χ0v) is 10.0. The van der Waals surface area contributed by atoms with Crippen molar-refractivity contribution in [3.05, 3.63) is 0 Å². The van der Waals surface area contributed by atoms with Gasteiger partial charge < -0.3 is 10.1 Å². The Balaban J connectivity index is 4.43. The first-order chi connectivity index (χ1) is 6.46. The van der Waals surface area contributed by atoms with Crippen LogP contribution in [0.15, 0.2) is 0 Å². The van der Waals surface area contributed by atoms with Crippen molar-refractivity contribution in [2.45, 2.75) is 46.6 Å². The second kappa shape index (κ2) is 6.02. The fraction of sp³-hybridized carbons (Fsp3) is 0.909. The van der Waals surface area contributed by atoms with E-state index in [4.69, 9.17) is 4.74 Å². The summed E-state index contributed by atoms with van der Waals surface area (Å²) >= 11 is 0. The summed E-state index contributed by atoms with van der Waals surface area (Å²) in [6.07, 6.45) is 0.805. The molecule has 0 saturated heterocycles. The van der Waals surface area contributed by atoms with Gasteiger partial charge in [0, 0.05) is 0 Å². The average Bonchev–Trinajstić information content (AvgIpc) is 2.03. The van der Waals surface area contributed by atoms with E-state index in [1.807, 2.05) is 20.8 Å². The number of likely N-dealkylation sites (N-methyl/N-ethyl adjacent to an activating group) is 1. The van der Waals surface area contributed by atoms with Crippen LogP contribution in [0.5, 0.6) is 0 Å². The zero-order chi connectivity index (χ0) is 11.2. The molecular formula is C11H23NO2. The summed E-state index contributed by atoms with van der Waals surface area (Å²) in [7, 11) is 0. The standard InChI is InChI=1S/C11H23NO2/c1-6-12-11(5,8-9(3)4)10(13)14-7-2/h9,12H,6-8H2,1-5H3. The molecule has 0 spiro atoms. The van der Waals surface area contributed by atoms with E-state index in [0.29, 0.717) is 12.5 Å². The zero-order valence-electron chi connectivity index (χ0n) is 10.0. The van der Waals surface area contributed by atoms with E-state index < -0.39 is 5.54 Å². The van der Waals surface area contributed by atoms with Gasteiger partial charge in [0.25, 0.3) is 0 Å². The molecule has 14 heavy (non-hydrogen) atoms. The molecule has 0 aromatic heterocycles. The Kier molecular flexibility index (Phi) is 5.77. The lowest BCUT2D eigenvalue weighted by atomic mass is 9.91. The number of ether oxygens (including phenoxy) is 1. The van der Waals surface area contributed by atoms with Crippen LogP contribution >= 0.6 is 0 Å². The minimum Gasteiger partial charge on any atom is -0.465 e. The van der Waals surface area contributed by atoms with Crippen LogP contribution in [0.25, 0.3) is 0 Å². The SMILES string of the molecule is CCNC(C)(CC(C)C)C(=O)OCC. The van der Waals surface area contributed by atoms with Crippen molar-refractivity contribution in [2.24, 2.45) is 5.92 Å². The van der Waals surface area contributed by atoms with Gasteiger partial charge in [-0.05, 0) is 32.7 Å². The van der Waals surface area contributed by atoms with Gasteiger partial charge in [0.1, 0.15) is 5.54 Å². The number of hydrogen-bond donors (Lipinski definition) is 1. The Hall–Kier alpha value is -0.570. The van der Waals surface area contributed by atoms with Gasteiger partial charge >= 0.3 is 5.97 Å². The minimum atomic E-state index is -0.529. The number of carbonyl (C=O) groups is 1. The molecule has 0 rings (SSSR count). The molecule has 1 unspecified atom stereocenters. The van der Waals surface area contributed by atoms with Crippen LogP contribution in [0.4, 0.5) is 0 Å². The summed E-state index contributed by atoms with van der Waals surface area (Å²) in [5.74, 6) is 0.332. The van der Waals surface area contributed by atoms with Crippen LogP contribution in [0.1, 0.15) is 41.0 Å². The van der Waals surface area contributed by atoms with Crippen molar-refractivity contribution in [2.75, 3.05) is 13.2 Å². The lowest BCUT2D eigenvalue weighted by Crippen LogP contribution is -2.51. The van der Waals surface area contributed by atoms with Crippen molar-refractivity contribution in [3.8, 4) is 0 Å². The van der Waals surface area contributed by atoms with Gasteiger partial charge in [-0.1, -0.05) is 20.8 Å². The molecule has 3 heteroatoms. The maximum Gasteiger partial charge on any atom is 0.326 e. The molecule has 0 heterocycles. The van der Waals surface area contributed by atoms with Gasteiger partial charge in [-0.2, -0.15) is 0 Å². The highest BCUT2D eigenvalue weighted by atomic mass is 16.5. The highest BCUT2D eigenvalue weighted by Gasteiger charge is 2.34. The fourth-order valence-corrected chi connectivity index (χ4v) is 1.72. The summed E-state index contributed by atoms with van der Waals surface area (Å²) in [4.78, 5) is 11.7. The van der Waals surface area contributed by atoms with Crippen molar-refractivity contribution in [3.63, 3.8) is 0 Å². The molecule has 0 aliphatic rings. The topological polar surface area (TPSA) is 38.3 Å². The molecule has 3 nitrogen and oxygen atoms in total. The lowest BCUT2D eigenvalue weighted by Gasteiger charge is -2.29. The van der Waals surface area contributed by atoms with Gasteiger partial charge in [-0.25, -0.2) is 0 Å². The lowest BCUT2D eigenvalue weighted by molar-refractivity contribution is -0.151. The Morgan fingerprint density at radius 3 is 2.36 bits per heavy atom. The minimum absolute atomic E-state index is 0.143. The number of esters is 1. The molecule has 1 N–H and O–H groups in total. The Morgan fingerprint density at radius 2 is 2.00 bits per heavy atom. The van der Waals surface area contributed by atoms with Gasteiger partial charge in [0.2, 0.25) is 0 Å². The molecular weight excluding hydrogens is 178 g/mol. The van der Waals surface area contributed by atoms with Gasteiger partial charge in [-0.15, -0.1) is 0 Å². The normalized spacial score (nSPS) is 15.3. The van der Waals surface area contributed by atoms with Crippen LogP contribution in [-0.4, -0.2) is 24.7 Å². The monoisotopic (exact) mass is 201 g/mol. The first kappa shape index (κ1) is 13.4. The number of nitrogens with one attached hydrogen (secondary N) is 1. The van der Waals surface area contributed by atoms with Crippen LogP contribution < -0.4 is 5.32 Å². The second-order valence-electron chi connectivity index (χ2n) is 4.18. The predicted octanol–water partition coefficient (Wildman–Crippen LogP) is 1.96. The second-order valence-corrected chi connectivity index (χ2v) is 4.18. The molecule has 0 aromatic rings. The largest absolute Gasteiger partial charge is 0.465 e. The Bertz CT molecular complexity index is 180. The summed E-state index contributed by atoms with van der Waals surface area (Å²) in [5.41, 5.74) is -0.529. The molecule has 0 aliphatic carbocycles. The van der Waals surface area contributed by atoms with E-state index >= 15 is 0 Å². The third kappa shape index (κ3) is 4.09. The smallest absolute Gasteiger partial charge is 0.326 e.